The summed E-state index contributed by atoms with van der Waals surface area (Å²) in [5.74, 6) is 1.12. The Bertz CT molecular complexity index is 775. The van der Waals surface area contributed by atoms with Crippen molar-refractivity contribution in [3.63, 3.8) is 0 Å². The van der Waals surface area contributed by atoms with Crippen LogP contribution in [0, 0.1) is 6.92 Å². The Kier molecular flexibility index (Phi) is 9.63. The summed E-state index contributed by atoms with van der Waals surface area (Å²) in [5, 5.41) is 15.3. The fraction of sp³-hybridized carbons (Fsp3) is 0.562. The zero-order valence-electron chi connectivity index (χ0n) is 16.1. The van der Waals surface area contributed by atoms with Crippen molar-refractivity contribution in [3.05, 3.63) is 27.7 Å². The quantitative estimate of drug-likeness (QED) is 0.256. The maximum Gasteiger partial charge on any atom is 0.350 e. The summed E-state index contributed by atoms with van der Waals surface area (Å²) >= 11 is 1.33. The summed E-state index contributed by atoms with van der Waals surface area (Å²) in [6, 6.07) is -0.114. The number of carbonyl (C=O) groups is 1. The predicted octanol–water partition coefficient (Wildman–Crippen LogP) is 2.28. The van der Waals surface area contributed by atoms with Crippen molar-refractivity contribution < 1.29 is 9.53 Å². The van der Waals surface area contributed by atoms with Gasteiger partial charge in [0.1, 0.15) is 16.2 Å². The molecular formula is C16H26IN7O2S. The average Bonchev–Trinajstić information content (AvgIpc) is 3.24. The molecule has 0 saturated heterocycles. The van der Waals surface area contributed by atoms with Gasteiger partial charge in [0, 0.05) is 13.6 Å². The first-order chi connectivity index (χ1) is 12.5. The molecule has 0 aliphatic rings. The molecule has 0 bridgehead atoms. The van der Waals surface area contributed by atoms with Crippen LogP contribution in [-0.4, -0.2) is 45.3 Å². The first kappa shape index (κ1) is 23.3. The third kappa shape index (κ3) is 6.13. The number of thiazole rings is 1. The first-order valence-corrected chi connectivity index (χ1v) is 9.30. The Morgan fingerprint density at radius 2 is 2.19 bits per heavy atom. The number of nitrogens with one attached hydrogen (secondary N) is 2. The molecule has 150 valence electrons. The van der Waals surface area contributed by atoms with Crippen LogP contribution in [0.5, 0.6) is 0 Å². The van der Waals surface area contributed by atoms with E-state index in [2.05, 4.69) is 30.8 Å². The van der Waals surface area contributed by atoms with E-state index in [1.807, 2.05) is 25.3 Å². The summed E-state index contributed by atoms with van der Waals surface area (Å²) in [6.45, 7) is 9.26. The molecule has 0 radical (unpaired) electrons. The van der Waals surface area contributed by atoms with Crippen LogP contribution in [-0.2, 0) is 17.8 Å². The molecule has 0 amide bonds. The van der Waals surface area contributed by atoms with E-state index in [9.17, 15) is 4.79 Å². The SMILES string of the molecule is CCOC(=O)c1sc(C(C)NC(=NC)NCc2nncn2CC)nc1C.I. The minimum atomic E-state index is -0.331. The van der Waals surface area contributed by atoms with Gasteiger partial charge in [-0.05, 0) is 27.7 Å². The standard InChI is InChI=1S/C16H25N7O2S.HI/c1-6-23-9-19-22-12(23)8-18-16(17-5)21-11(4)14-20-10(3)13(26-14)15(24)25-7-2;/h9,11H,6-8H2,1-5H3,(H2,17,18,21);1H. The lowest BCUT2D eigenvalue weighted by Crippen LogP contribution is -2.38. The van der Waals surface area contributed by atoms with E-state index in [0.717, 1.165) is 17.4 Å². The minimum Gasteiger partial charge on any atom is -0.462 e. The molecule has 0 fully saturated rings. The predicted molar refractivity (Wildman–Crippen MR) is 116 cm³/mol. The molecule has 1 atom stereocenters. The molecule has 2 N–H and O–H groups in total. The highest BCUT2D eigenvalue weighted by molar-refractivity contribution is 14.0. The largest absolute Gasteiger partial charge is 0.462 e. The Morgan fingerprint density at radius 1 is 1.44 bits per heavy atom. The molecule has 0 aliphatic carbocycles. The van der Waals surface area contributed by atoms with Crippen LogP contribution < -0.4 is 10.6 Å². The Morgan fingerprint density at radius 3 is 2.81 bits per heavy atom. The van der Waals surface area contributed by atoms with Crippen molar-refractivity contribution >= 4 is 47.2 Å². The smallest absolute Gasteiger partial charge is 0.350 e. The third-order valence-electron chi connectivity index (χ3n) is 3.67. The van der Waals surface area contributed by atoms with Gasteiger partial charge in [-0.15, -0.1) is 45.5 Å². The van der Waals surface area contributed by atoms with Crippen LogP contribution in [0.1, 0.15) is 53.0 Å². The van der Waals surface area contributed by atoms with Crippen LogP contribution in [0.25, 0.3) is 0 Å². The van der Waals surface area contributed by atoms with Gasteiger partial charge in [-0.2, -0.15) is 0 Å². The van der Waals surface area contributed by atoms with E-state index in [1.54, 1.807) is 20.3 Å². The fourth-order valence-electron chi connectivity index (χ4n) is 2.29. The maximum atomic E-state index is 12.0. The molecule has 2 rings (SSSR count). The van der Waals surface area contributed by atoms with Crippen molar-refractivity contribution in [1.82, 2.24) is 30.4 Å². The average molecular weight is 507 g/mol. The van der Waals surface area contributed by atoms with Gasteiger partial charge in [0.05, 0.1) is 24.9 Å². The molecule has 11 heteroatoms. The zero-order chi connectivity index (χ0) is 19.1. The molecule has 1 unspecified atom stereocenters. The number of aromatic nitrogens is 4. The van der Waals surface area contributed by atoms with Gasteiger partial charge in [-0.1, -0.05) is 0 Å². The number of rotatable bonds is 7. The lowest BCUT2D eigenvalue weighted by atomic mass is 10.3. The molecular weight excluding hydrogens is 481 g/mol. The minimum absolute atomic E-state index is 0. The number of aryl methyl sites for hydroxylation is 2. The van der Waals surface area contributed by atoms with Gasteiger partial charge in [0.25, 0.3) is 0 Å². The van der Waals surface area contributed by atoms with Crippen LogP contribution in [0.4, 0.5) is 0 Å². The van der Waals surface area contributed by atoms with Gasteiger partial charge < -0.3 is 19.9 Å². The van der Waals surface area contributed by atoms with Gasteiger partial charge >= 0.3 is 5.97 Å². The highest BCUT2D eigenvalue weighted by Crippen LogP contribution is 2.24. The molecule has 0 spiro atoms. The lowest BCUT2D eigenvalue weighted by Gasteiger charge is -2.16. The summed E-state index contributed by atoms with van der Waals surface area (Å²) < 4.78 is 7.02. The van der Waals surface area contributed by atoms with Gasteiger partial charge in [-0.25, -0.2) is 9.78 Å². The summed E-state index contributed by atoms with van der Waals surface area (Å²) in [5.41, 5.74) is 0.677. The lowest BCUT2D eigenvalue weighted by molar-refractivity contribution is 0.0531. The van der Waals surface area contributed by atoms with Crippen molar-refractivity contribution in [3.8, 4) is 0 Å². The van der Waals surface area contributed by atoms with Crippen molar-refractivity contribution in [2.75, 3.05) is 13.7 Å². The monoisotopic (exact) mass is 507 g/mol. The molecule has 2 aromatic heterocycles. The zero-order valence-corrected chi connectivity index (χ0v) is 19.3. The second kappa shape index (κ2) is 11.2. The van der Waals surface area contributed by atoms with Crippen LogP contribution >= 0.6 is 35.3 Å². The van der Waals surface area contributed by atoms with Crippen LogP contribution in [0.3, 0.4) is 0 Å². The number of halogens is 1. The number of carbonyl (C=O) groups excluding carboxylic acids is 1. The Balaban J connectivity index is 0.00000364. The number of esters is 1. The maximum absolute atomic E-state index is 12.0. The van der Waals surface area contributed by atoms with Crippen molar-refractivity contribution in [2.24, 2.45) is 4.99 Å². The Hall–Kier alpha value is -1.76. The molecule has 0 aromatic carbocycles. The highest BCUT2D eigenvalue weighted by atomic mass is 127. The molecule has 0 aliphatic heterocycles. The molecule has 0 saturated carbocycles. The number of nitrogens with zero attached hydrogens (tertiary/aromatic N) is 5. The molecule has 9 nitrogen and oxygen atoms in total. The summed E-state index contributed by atoms with van der Waals surface area (Å²) in [4.78, 5) is 21.2. The Labute approximate surface area is 180 Å². The number of hydrogen-bond donors (Lipinski definition) is 2. The number of ether oxygens (including phenoxy) is 1. The van der Waals surface area contributed by atoms with Gasteiger partial charge in [0.15, 0.2) is 11.8 Å². The number of aliphatic imine (C=N–C) groups is 1. The molecule has 2 heterocycles. The van der Waals surface area contributed by atoms with Crippen molar-refractivity contribution in [1.29, 1.82) is 0 Å². The number of guanidine groups is 1. The molecule has 2 aromatic rings. The van der Waals surface area contributed by atoms with Crippen LogP contribution in [0.15, 0.2) is 11.3 Å². The van der Waals surface area contributed by atoms with Gasteiger partial charge in [-0.3, -0.25) is 4.99 Å². The molecule has 27 heavy (non-hydrogen) atoms. The highest BCUT2D eigenvalue weighted by Gasteiger charge is 2.20. The number of hydrogen-bond acceptors (Lipinski definition) is 7. The summed E-state index contributed by atoms with van der Waals surface area (Å²) in [6.07, 6.45) is 1.70. The van der Waals surface area contributed by atoms with E-state index in [4.69, 9.17) is 4.74 Å². The van der Waals surface area contributed by atoms with E-state index in [-0.39, 0.29) is 36.0 Å². The fourth-order valence-corrected chi connectivity index (χ4v) is 3.26. The topological polar surface area (TPSA) is 106 Å². The second-order valence-corrected chi connectivity index (χ2v) is 6.54. The van der Waals surface area contributed by atoms with Gasteiger partial charge in [0.2, 0.25) is 0 Å². The van der Waals surface area contributed by atoms with Crippen molar-refractivity contribution in [2.45, 2.75) is 46.8 Å². The summed E-state index contributed by atoms with van der Waals surface area (Å²) in [7, 11) is 1.70. The van der Waals surface area contributed by atoms with E-state index in [1.165, 1.54) is 11.3 Å². The second-order valence-electron chi connectivity index (χ2n) is 5.51. The van der Waals surface area contributed by atoms with Crippen LogP contribution in [0.2, 0.25) is 0 Å². The van der Waals surface area contributed by atoms with E-state index >= 15 is 0 Å². The third-order valence-corrected chi connectivity index (χ3v) is 4.99. The van der Waals surface area contributed by atoms with E-state index in [0.29, 0.717) is 29.7 Å². The first-order valence-electron chi connectivity index (χ1n) is 8.48. The van der Waals surface area contributed by atoms with E-state index < -0.39 is 0 Å². The normalized spacial score (nSPS) is 12.3.